The summed E-state index contributed by atoms with van der Waals surface area (Å²) >= 11 is 0. The molecule has 7 nitrogen and oxygen atoms in total. The number of pyridine rings is 1. The average molecular weight is 384 g/mol. The molecule has 0 bridgehead atoms. The number of ether oxygens (including phenoxy) is 1. The Kier molecular flexibility index (Phi) is 5.36. The maximum Gasteiger partial charge on any atom is 0.255 e. The van der Waals surface area contributed by atoms with Gasteiger partial charge in [-0.3, -0.25) is 9.59 Å². The summed E-state index contributed by atoms with van der Waals surface area (Å²) in [4.78, 5) is 27.7. The molecule has 2 amide bonds. The zero-order valence-corrected chi connectivity index (χ0v) is 15.8. The molecule has 3 atom stereocenters. The number of benzene rings is 1. The number of fused-ring (bicyclic) bond motifs is 1. The molecule has 0 radical (unpaired) electrons. The Labute approximate surface area is 161 Å². The van der Waals surface area contributed by atoms with Crippen molar-refractivity contribution in [3.8, 4) is 17.6 Å². The first-order valence-electron chi connectivity index (χ1n) is 8.79. The molecule has 2 heterocycles. The number of primary amides is 1. The number of hydrogen-bond donors (Lipinski definition) is 3. The van der Waals surface area contributed by atoms with Crippen molar-refractivity contribution >= 4 is 28.4 Å². The standard InChI is InChI=1S/C20H21FN4O3/c1-4-5-11-8-23-19(24-9-15-10(2)17(21)20(27)25-15)13-7-16(28-3)14(18(22)26)6-12(11)13/h6-8,10,15,17H,9H2,1-3H3,(H2,22,26)(H,23,24)(H,25,27)/t10-,15?,17-/m0/s1. The number of alkyl halides is 1. The van der Waals surface area contributed by atoms with Gasteiger partial charge in [0.25, 0.3) is 11.8 Å². The highest BCUT2D eigenvalue weighted by Gasteiger charge is 2.39. The van der Waals surface area contributed by atoms with E-state index in [1.54, 1.807) is 32.2 Å². The molecule has 1 saturated heterocycles. The Balaban J connectivity index is 2.03. The number of aromatic nitrogens is 1. The van der Waals surface area contributed by atoms with Gasteiger partial charge in [0, 0.05) is 29.4 Å². The van der Waals surface area contributed by atoms with Crippen LogP contribution in [0.15, 0.2) is 18.3 Å². The van der Waals surface area contributed by atoms with Gasteiger partial charge in [-0.05, 0) is 19.1 Å². The van der Waals surface area contributed by atoms with E-state index in [4.69, 9.17) is 10.5 Å². The topological polar surface area (TPSA) is 106 Å². The van der Waals surface area contributed by atoms with Crippen LogP contribution in [0.4, 0.5) is 10.2 Å². The van der Waals surface area contributed by atoms with Crippen molar-refractivity contribution in [3.05, 3.63) is 29.5 Å². The molecule has 1 aliphatic heterocycles. The fourth-order valence-corrected chi connectivity index (χ4v) is 3.28. The second-order valence-electron chi connectivity index (χ2n) is 6.61. The van der Waals surface area contributed by atoms with Crippen LogP contribution >= 0.6 is 0 Å². The van der Waals surface area contributed by atoms with Crippen LogP contribution in [0.1, 0.15) is 29.8 Å². The summed E-state index contributed by atoms with van der Waals surface area (Å²) in [5.41, 5.74) is 6.34. The molecular weight excluding hydrogens is 363 g/mol. The van der Waals surface area contributed by atoms with Crippen molar-refractivity contribution in [2.75, 3.05) is 19.0 Å². The Hall–Kier alpha value is -3.34. The predicted octanol–water partition coefficient (Wildman–Crippen LogP) is 1.60. The molecule has 3 rings (SSSR count). The Morgan fingerprint density at radius 3 is 2.75 bits per heavy atom. The van der Waals surface area contributed by atoms with Crippen LogP contribution in [0.25, 0.3) is 10.8 Å². The summed E-state index contributed by atoms with van der Waals surface area (Å²) in [7, 11) is 1.45. The number of halogens is 1. The monoisotopic (exact) mass is 384 g/mol. The molecule has 1 aromatic heterocycles. The van der Waals surface area contributed by atoms with Gasteiger partial charge in [0.05, 0.1) is 24.3 Å². The van der Waals surface area contributed by atoms with Crippen LogP contribution in [-0.4, -0.2) is 42.7 Å². The molecule has 0 aliphatic carbocycles. The maximum absolute atomic E-state index is 13.8. The van der Waals surface area contributed by atoms with Crippen molar-refractivity contribution in [1.29, 1.82) is 0 Å². The van der Waals surface area contributed by atoms with Gasteiger partial charge in [0.15, 0.2) is 6.17 Å². The summed E-state index contributed by atoms with van der Waals surface area (Å²) in [5, 5.41) is 7.16. The van der Waals surface area contributed by atoms with Crippen molar-refractivity contribution in [2.24, 2.45) is 11.7 Å². The minimum atomic E-state index is -1.52. The van der Waals surface area contributed by atoms with Crippen LogP contribution in [0, 0.1) is 17.8 Å². The number of nitrogens with one attached hydrogen (secondary N) is 2. The number of methoxy groups -OCH3 is 1. The number of amides is 2. The third-order valence-corrected chi connectivity index (χ3v) is 4.90. The predicted molar refractivity (Wildman–Crippen MR) is 104 cm³/mol. The summed E-state index contributed by atoms with van der Waals surface area (Å²) in [5.74, 6) is 4.94. The van der Waals surface area contributed by atoms with Crippen LogP contribution in [0.3, 0.4) is 0 Å². The maximum atomic E-state index is 13.8. The van der Waals surface area contributed by atoms with Gasteiger partial charge < -0.3 is 21.1 Å². The van der Waals surface area contributed by atoms with Crippen molar-refractivity contribution in [2.45, 2.75) is 26.1 Å². The highest BCUT2D eigenvalue weighted by atomic mass is 19.1. The van der Waals surface area contributed by atoms with Crippen molar-refractivity contribution < 1.29 is 18.7 Å². The van der Waals surface area contributed by atoms with Gasteiger partial charge in [0.2, 0.25) is 0 Å². The van der Waals surface area contributed by atoms with E-state index in [-0.39, 0.29) is 11.6 Å². The molecule has 4 N–H and O–H groups in total. The van der Waals surface area contributed by atoms with E-state index in [9.17, 15) is 14.0 Å². The van der Waals surface area contributed by atoms with E-state index in [1.165, 1.54) is 7.11 Å². The number of rotatable bonds is 5. The number of nitrogens with two attached hydrogens (primary N) is 1. The smallest absolute Gasteiger partial charge is 0.255 e. The first-order chi connectivity index (χ1) is 13.4. The van der Waals surface area contributed by atoms with E-state index >= 15 is 0 Å². The van der Waals surface area contributed by atoms with E-state index in [1.807, 2.05) is 0 Å². The molecular formula is C20H21FN4O3. The molecule has 1 aromatic carbocycles. The minimum Gasteiger partial charge on any atom is -0.496 e. The number of carbonyl (C=O) groups excluding carboxylic acids is 2. The summed E-state index contributed by atoms with van der Waals surface area (Å²) in [6.45, 7) is 3.69. The molecule has 1 fully saturated rings. The minimum absolute atomic E-state index is 0.239. The zero-order valence-electron chi connectivity index (χ0n) is 15.8. The average Bonchev–Trinajstić information content (AvgIpc) is 2.93. The molecule has 0 saturated carbocycles. The lowest BCUT2D eigenvalue weighted by molar-refractivity contribution is -0.123. The van der Waals surface area contributed by atoms with E-state index in [2.05, 4.69) is 27.5 Å². The van der Waals surface area contributed by atoms with Gasteiger partial charge in [-0.2, -0.15) is 0 Å². The first kappa shape index (κ1) is 19.4. The third-order valence-electron chi connectivity index (χ3n) is 4.90. The highest BCUT2D eigenvalue weighted by molar-refractivity contribution is 6.04. The highest BCUT2D eigenvalue weighted by Crippen LogP contribution is 2.32. The molecule has 1 aliphatic rings. The van der Waals surface area contributed by atoms with Gasteiger partial charge in [-0.15, -0.1) is 5.92 Å². The Morgan fingerprint density at radius 2 is 2.18 bits per heavy atom. The van der Waals surface area contributed by atoms with Gasteiger partial charge in [-0.1, -0.05) is 12.8 Å². The molecule has 8 heteroatoms. The number of anilines is 1. The number of hydrogen-bond acceptors (Lipinski definition) is 5. The second-order valence-corrected chi connectivity index (χ2v) is 6.61. The molecule has 2 aromatic rings. The lowest BCUT2D eigenvalue weighted by Gasteiger charge is -2.18. The van der Waals surface area contributed by atoms with E-state index in [0.29, 0.717) is 34.4 Å². The van der Waals surface area contributed by atoms with Crippen LogP contribution in [0.5, 0.6) is 5.75 Å². The van der Waals surface area contributed by atoms with Crippen LogP contribution in [0.2, 0.25) is 0 Å². The van der Waals surface area contributed by atoms with E-state index < -0.39 is 23.9 Å². The van der Waals surface area contributed by atoms with Gasteiger partial charge in [-0.25, -0.2) is 9.37 Å². The van der Waals surface area contributed by atoms with E-state index in [0.717, 1.165) is 0 Å². The summed E-state index contributed by atoms with van der Waals surface area (Å²) < 4.78 is 19.1. The van der Waals surface area contributed by atoms with Crippen molar-refractivity contribution in [1.82, 2.24) is 10.3 Å². The Bertz CT molecular complexity index is 1010. The Morgan fingerprint density at radius 1 is 1.43 bits per heavy atom. The lowest BCUT2D eigenvalue weighted by atomic mass is 10.0. The molecule has 146 valence electrons. The first-order valence-corrected chi connectivity index (χ1v) is 8.79. The lowest BCUT2D eigenvalue weighted by Crippen LogP contribution is -2.35. The molecule has 0 spiro atoms. The van der Waals surface area contributed by atoms with Gasteiger partial charge >= 0.3 is 0 Å². The fraction of sp³-hybridized carbons (Fsp3) is 0.350. The second kappa shape index (κ2) is 7.72. The fourth-order valence-electron chi connectivity index (χ4n) is 3.28. The molecule has 28 heavy (non-hydrogen) atoms. The van der Waals surface area contributed by atoms with Crippen molar-refractivity contribution in [3.63, 3.8) is 0 Å². The largest absolute Gasteiger partial charge is 0.496 e. The van der Waals surface area contributed by atoms with Crippen LogP contribution < -0.4 is 21.1 Å². The molecule has 1 unspecified atom stereocenters. The number of nitrogens with zero attached hydrogens (tertiary/aromatic N) is 1. The SMILES string of the molecule is CC#Cc1cnc(NCC2NC(=O)[C@@H](F)[C@H]2C)c2cc(OC)c(C(N)=O)cc12. The summed E-state index contributed by atoms with van der Waals surface area (Å²) in [6, 6.07) is 2.93. The zero-order chi connectivity index (χ0) is 20.4. The van der Waals surface area contributed by atoms with Gasteiger partial charge in [0.1, 0.15) is 11.6 Å². The quantitative estimate of drug-likeness (QED) is 0.679. The third kappa shape index (κ3) is 3.43. The normalized spacial score (nSPS) is 21.0. The summed E-state index contributed by atoms with van der Waals surface area (Å²) in [6.07, 6.45) is 0.0736. The van der Waals surface area contributed by atoms with Crippen LogP contribution in [-0.2, 0) is 4.79 Å². The number of carbonyl (C=O) groups is 2.